The summed E-state index contributed by atoms with van der Waals surface area (Å²) < 4.78 is 5.68. The molecule has 1 rings (SSSR count). The Bertz CT molecular complexity index is 347. The van der Waals surface area contributed by atoms with Gasteiger partial charge < -0.3 is 9.84 Å². The summed E-state index contributed by atoms with van der Waals surface area (Å²) in [6.07, 6.45) is 0. The van der Waals surface area contributed by atoms with E-state index in [9.17, 15) is 4.79 Å². The quantitative estimate of drug-likeness (QED) is 0.851. The van der Waals surface area contributed by atoms with E-state index in [2.05, 4.69) is 0 Å². The monoisotopic (exact) mass is 292 g/mol. The van der Waals surface area contributed by atoms with Crippen molar-refractivity contribution < 1.29 is 14.6 Å². The normalized spacial score (nSPS) is 9.77. The molecule has 1 aromatic carbocycles. The zero-order valence-corrected chi connectivity index (χ0v) is 9.45. The summed E-state index contributed by atoms with van der Waals surface area (Å²) in [6.45, 7) is 1.84. The van der Waals surface area contributed by atoms with Crippen molar-refractivity contribution >= 4 is 28.6 Å². The number of benzene rings is 1. The van der Waals surface area contributed by atoms with Gasteiger partial charge in [-0.1, -0.05) is 0 Å². The van der Waals surface area contributed by atoms with Crippen molar-refractivity contribution in [1.82, 2.24) is 0 Å². The van der Waals surface area contributed by atoms with Gasteiger partial charge in [0.2, 0.25) is 0 Å². The Hall–Kier alpha value is -0.780. The van der Waals surface area contributed by atoms with E-state index in [1.807, 2.05) is 35.6 Å². The van der Waals surface area contributed by atoms with Gasteiger partial charge in [0.1, 0.15) is 5.75 Å². The number of carboxylic acid groups (broad SMARTS) is 1. The second-order valence-corrected chi connectivity index (χ2v) is 3.71. The molecule has 0 saturated carbocycles. The van der Waals surface area contributed by atoms with E-state index in [0.29, 0.717) is 9.32 Å². The van der Waals surface area contributed by atoms with Crippen LogP contribution in [-0.4, -0.2) is 18.2 Å². The Balaban J connectivity index is 3.35. The van der Waals surface area contributed by atoms with Crippen LogP contribution in [0.5, 0.6) is 5.75 Å². The number of hydrogen-bond acceptors (Lipinski definition) is 2. The highest BCUT2D eigenvalue weighted by atomic mass is 127. The van der Waals surface area contributed by atoms with Crippen molar-refractivity contribution in [2.24, 2.45) is 0 Å². The van der Waals surface area contributed by atoms with Crippen molar-refractivity contribution in [1.29, 1.82) is 0 Å². The minimum absolute atomic E-state index is 0.289. The summed E-state index contributed by atoms with van der Waals surface area (Å²) in [4.78, 5) is 10.8. The van der Waals surface area contributed by atoms with E-state index in [1.54, 1.807) is 6.07 Å². The maximum Gasteiger partial charge on any atom is 0.336 e. The van der Waals surface area contributed by atoms with Crippen LogP contribution in [0, 0.1) is 10.5 Å². The van der Waals surface area contributed by atoms with E-state index in [4.69, 9.17) is 9.84 Å². The molecule has 0 aliphatic rings. The van der Waals surface area contributed by atoms with Gasteiger partial charge in [0.25, 0.3) is 0 Å². The number of hydrogen-bond donors (Lipinski definition) is 1. The summed E-state index contributed by atoms with van der Waals surface area (Å²) in [6, 6.07) is 3.45. The molecule has 0 radical (unpaired) electrons. The molecule has 1 aromatic rings. The number of rotatable bonds is 2. The average molecular weight is 292 g/mol. The van der Waals surface area contributed by atoms with Crippen molar-refractivity contribution in [3.05, 3.63) is 26.8 Å². The molecule has 70 valence electrons. The van der Waals surface area contributed by atoms with Crippen LogP contribution in [0.15, 0.2) is 12.1 Å². The second-order valence-electron chi connectivity index (χ2n) is 2.63. The van der Waals surface area contributed by atoms with Crippen LogP contribution < -0.4 is 4.74 Å². The first-order valence-electron chi connectivity index (χ1n) is 3.63. The number of aromatic carboxylic acids is 1. The Morgan fingerprint density at radius 2 is 2.15 bits per heavy atom. The Kier molecular flexibility index (Phi) is 3.13. The molecule has 0 aliphatic carbocycles. The van der Waals surface area contributed by atoms with Crippen LogP contribution in [0.3, 0.4) is 0 Å². The van der Waals surface area contributed by atoms with E-state index in [-0.39, 0.29) is 5.56 Å². The molecular formula is C9H9IO3. The highest BCUT2D eigenvalue weighted by Crippen LogP contribution is 2.26. The number of carbonyl (C=O) groups is 1. The molecule has 0 fully saturated rings. The molecule has 0 unspecified atom stereocenters. The molecule has 0 aliphatic heterocycles. The maximum absolute atomic E-state index is 10.8. The van der Waals surface area contributed by atoms with Crippen LogP contribution in [0.25, 0.3) is 0 Å². The standard InChI is InChI=1S/C9H9IO3/c1-5-3-6(9(11)12)8(10)7(4-5)13-2/h3-4H,1-2H3,(H,11,12). The van der Waals surface area contributed by atoms with Crippen LogP contribution >= 0.6 is 22.6 Å². The number of ether oxygens (including phenoxy) is 1. The van der Waals surface area contributed by atoms with Gasteiger partial charge in [-0.05, 0) is 47.2 Å². The largest absolute Gasteiger partial charge is 0.496 e. The summed E-state index contributed by atoms with van der Waals surface area (Å²) >= 11 is 1.97. The fourth-order valence-corrected chi connectivity index (χ4v) is 1.80. The van der Waals surface area contributed by atoms with Crippen molar-refractivity contribution in [2.45, 2.75) is 6.92 Å². The first kappa shape index (κ1) is 10.3. The highest BCUT2D eigenvalue weighted by molar-refractivity contribution is 14.1. The third-order valence-electron chi connectivity index (χ3n) is 1.63. The summed E-state index contributed by atoms with van der Waals surface area (Å²) in [5.74, 6) is -0.315. The van der Waals surface area contributed by atoms with Gasteiger partial charge >= 0.3 is 5.97 Å². The lowest BCUT2D eigenvalue weighted by atomic mass is 10.1. The van der Waals surface area contributed by atoms with Crippen LogP contribution in [0.2, 0.25) is 0 Å². The van der Waals surface area contributed by atoms with Gasteiger partial charge in [-0.25, -0.2) is 4.79 Å². The minimum atomic E-state index is -0.925. The van der Waals surface area contributed by atoms with Gasteiger partial charge in [0.05, 0.1) is 16.2 Å². The van der Waals surface area contributed by atoms with Crippen LogP contribution in [0.4, 0.5) is 0 Å². The predicted molar refractivity (Wildman–Crippen MR) is 57.4 cm³/mol. The van der Waals surface area contributed by atoms with Gasteiger partial charge in [0.15, 0.2) is 0 Å². The molecule has 3 nitrogen and oxygen atoms in total. The van der Waals surface area contributed by atoms with E-state index < -0.39 is 5.97 Å². The minimum Gasteiger partial charge on any atom is -0.496 e. The first-order chi connectivity index (χ1) is 6.06. The molecule has 0 saturated heterocycles. The Labute approximate surface area is 89.9 Å². The zero-order valence-electron chi connectivity index (χ0n) is 7.30. The highest BCUT2D eigenvalue weighted by Gasteiger charge is 2.12. The smallest absolute Gasteiger partial charge is 0.336 e. The topological polar surface area (TPSA) is 46.5 Å². The molecular weight excluding hydrogens is 283 g/mol. The molecule has 0 atom stereocenters. The number of aryl methyl sites for hydroxylation is 1. The fraction of sp³-hybridized carbons (Fsp3) is 0.222. The van der Waals surface area contributed by atoms with Crippen LogP contribution in [-0.2, 0) is 0 Å². The maximum atomic E-state index is 10.8. The van der Waals surface area contributed by atoms with Gasteiger partial charge in [0, 0.05) is 0 Å². The average Bonchev–Trinajstić information content (AvgIpc) is 2.08. The SMILES string of the molecule is COc1cc(C)cc(C(=O)O)c1I. The molecule has 13 heavy (non-hydrogen) atoms. The molecule has 0 spiro atoms. The fourth-order valence-electron chi connectivity index (χ4n) is 1.04. The number of methoxy groups -OCH3 is 1. The van der Waals surface area contributed by atoms with Gasteiger partial charge in [-0.2, -0.15) is 0 Å². The summed E-state index contributed by atoms with van der Waals surface area (Å²) in [5, 5.41) is 8.85. The van der Waals surface area contributed by atoms with Crippen molar-refractivity contribution in [3.8, 4) is 5.75 Å². The van der Waals surface area contributed by atoms with E-state index in [0.717, 1.165) is 5.56 Å². The lowest BCUT2D eigenvalue weighted by Gasteiger charge is -2.07. The van der Waals surface area contributed by atoms with Gasteiger partial charge in [-0.15, -0.1) is 0 Å². The summed E-state index contributed by atoms with van der Waals surface area (Å²) in [7, 11) is 1.53. The molecule has 0 amide bonds. The molecule has 0 heterocycles. The zero-order chi connectivity index (χ0) is 10.0. The Morgan fingerprint density at radius 3 is 2.62 bits per heavy atom. The van der Waals surface area contributed by atoms with Crippen molar-refractivity contribution in [2.75, 3.05) is 7.11 Å². The van der Waals surface area contributed by atoms with E-state index in [1.165, 1.54) is 7.11 Å². The third-order valence-corrected chi connectivity index (χ3v) is 2.75. The van der Waals surface area contributed by atoms with Crippen molar-refractivity contribution in [3.63, 3.8) is 0 Å². The molecule has 0 aromatic heterocycles. The predicted octanol–water partition coefficient (Wildman–Crippen LogP) is 2.31. The lowest BCUT2D eigenvalue weighted by molar-refractivity contribution is 0.0695. The molecule has 0 bridgehead atoms. The van der Waals surface area contributed by atoms with Gasteiger partial charge in [-0.3, -0.25) is 0 Å². The third kappa shape index (κ3) is 2.12. The number of carboxylic acids is 1. The first-order valence-corrected chi connectivity index (χ1v) is 4.71. The van der Waals surface area contributed by atoms with Crippen LogP contribution in [0.1, 0.15) is 15.9 Å². The second kappa shape index (κ2) is 3.95. The lowest BCUT2D eigenvalue weighted by Crippen LogP contribution is -2.02. The Morgan fingerprint density at radius 1 is 1.54 bits per heavy atom. The van der Waals surface area contributed by atoms with E-state index >= 15 is 0 Å². The number of halogens is 1. The molecule has 4 heteroatoms. The summed E-state index contributed by atoms with van der Waals surface area (Å²) in [5.41, 5.74) is 1.17. The molecule has 1 N–H and O–H groups in total.